The Bertz CT molecular complexity index is 391. The van der Waals surface area contributed by atoms with Gasteiger partial charge in [-0.25, -0.2) is 13.6 Å². The number of hydrogen-bond acceptors (Lipinski definition) is 3. The van der Waals surface area contributed by atoms with E-state index in [2.05, 4.69) is 0 Å². The summed E-state index contributed by atoms with van der Waals surface area (Å²) in [7, 11) is -3.68. The smallest absolute Gasteiger partial charge is 0.241 e. The zero-order chi connectivity index (χ0) is 9.90. The summed E-state index contributed by atoms with van der Waals surface area (Å²) in [5.41, 5.74) is 0. The van der Waals surface area contributed by atoms with Crippen LogP contribution in [0.2, 0.25) is 0 Å². The van der Waals surface area contributed by atoms with Crippen molar-refractivity contribution >= 4 is 10.0 Å². The topological polar surface area (TPSA) is 69.4 Å². The molecule has 0 aliphatic heterocycles. The average molecular weight is 221 g/mol. The highest BCUT2D eigenvalue weighted by atomic mass is 32.2. The standard InChI is InChI=1S/C8H11NO3S.FH/c1-2-12-7-5-3-4-6-8(7)13(9,10)11;/h3-6H,2H2,1H3,(H2,9,10,11);1H. The summed E-state index contributed by atoms with van der Waals surface area (Å²) in [4.78, 5) is 0.0249. The number of benzene rings is 1. The predicted octanol–water partition coefficient (Wildman–Crippen LogP) is 0.885. The Morgan fingerprint density at radius 3 is 2.43 bits per heavy atom. The minimum Gasteiger partial charge on any atom is -0.492 e. The highest BCUT2D eigenvalue weighted by molar-refractivity contribution is 7.89. The molecule has 2 N–H and O–H groups in total. The number of para-hydroxylation sites is 1. The molecule has 0 aliphatic rings. The van der Waals surface area contributed by atoms with Crippen LogP contribution in [0.5, 0.6) is 5.75 Å². The number of sulfonamides is 1. The molecule has 0 unspecified atom stereocenters. The average Bonchev–Trinajstić information content (AvgIpc) is 2.04. The third-order valence-corrected chi connectivity index (χ3v) is 2.41. The lowest BCUT2D eigenvalue weighted by molar-refractivity contribution is 0.331. The minimum atomic E-state index is -3.68. The summed E-state index contributed by atoms with van der Waals surface area (Å²) >= 11 is 0. The SMILES string of the molecule is CCOc1ccccc1S(N)(=O)=O.F. The number of nitrogens with two attached hydrogens (primary N) is 1. The van der Waals surface area contributed by atoms with Gasteiger partial charge in [0.2, 0.25) is 10.0 Å². The van der Waals surface area contributed by atoms with Crippen molar-refractivity contribution in [2.75, 3.05) is 6.61 Å². The molecule has 80 valence electrons. The zero-order valence-electron chi connectivity index (χ0n) is 7.64. The van der Waals surface area contributed by atoms with Gasteiger partial charge in [0.25, 0.3) is 0 Å². The molecule has 0 aromatic heterocycles. The maximum Gasteiger partial charge on any atom is 0.241 e. The molecule has 0 heterocycles. The van der Waals surface area contributed by atoms with E-state index in [1.165, 1.54) is 6.07 Å². The van der Waals surface area contributed by atoms with Gasteiger partial charge in [-0.05, 0) is 19.1 Å². The van der Waals surface area contributed by atoms with Gasteiger partial charge >= 0.3 is 0 Å². The van der Waals surface area contributed by atoms with Gasteiger partial charge in [-0.1, -0.05) is 12.1 Å². The first kappa shape index (κ1) is 12.9. The Morgan fingerprint density at radius 2 is 1.93 bits per heavy atom. The van der Waals surface area contributed by atoms with Crippen molar-refractivity contribution in [2.24, 2.45) is 5.14 Å². The largest absolute Gasteiger partial charge is 0.492 e. The number of hydrogen-bond donors (Lipinski definition) is 1. The second kappa shape index (κ2) is 4.92. The Kier molecular flexibility index (Phi) is 4.52. The monoisotopic (exact) mass is 221 g/mol. The third kappa shape index (κ3) is 2.97. The zero-order valence-corrected chi connectivity index (χ0v) is 8.45. The Morgan fingerprint density at radius 1 is 1.36 bits per heavy atom. The van der Waals surface area contributed by atoms with Gasteiger partial charge in [0.15, 0.2) is 0 Å². The van der Waals surface area contributed by atoms with E-state index in [4.69, 9.17) is 9.88 Å². The Labute approximate surface area is 82.1 Å². The van der Waals surface area contributed by atoms with Crippen LogP contribution in [0.15, 0.2) is 29.2 Å². The Hall–Kier alpha value is -1.14. The number of ether oxygens (including phenoxy) is 1. The minimum absolute atomic E-state index is 0. The quantitative estimate of drug-likeness (QED) is 0.823. The maximum atomic E-state index is 11.0. The molecular weight excluding hydrogens is 209 g/mol. The molecule has 0 saturated heterocycles. The summed E-state index contributed by atoms with van der Waals surface area (Å²) in [6.45, 7) is 2.19. The van der Waals surface area contributed by atoms with E-state index >= 15 is 0 Å². The van der Waals surface area contributed by atoms with Crippen molar-refractivity contribution in [2.45, 2.75) is 11.8 Å². The first-order valence-electron chi connectivity index (χ1n) is 3.80. The molecular formula is C8H12FNO3S. The maximum absolute atomic E-state index is 11.0. The molecule has 0 fully saturated rings. The Balaban J connectivity index is 0.00000169. The summed E-state index contributed by atoms with van der Waals surface area (Å²) < 4.78 is 27.2. The summed E-state index contributed by atoms with van der Waals surface area (Å²) in [6.07, 6.45) is 0. The van der Waals surface area contributed by atoms with Crippen molar-refractivity contribution in [1.29, 1.82) is 0 Å². The van der Waals surface area contributed by atoms with Gasteiger partial charge < -0.3 is 4.74 Å². The van der Waals surface area contributed by atoms with Gasteiger partial charge in [-0.3, -0.25) is 4.70 Å². The van der Waals surface area contributed by atoms with Gasteiger partial charge in [0, 0.05) is 0 Å². The van der Waals surface area contributed by atoms with E-state index in [9.17, 15) is 8.42 Å². The van der Waals surface area contributed by atoms with Crippen molar-refractivity contribution in [1.82, 2.24) is 0 Å². The van der Waals surface area contributed by atoms with Crippen molar-refractivity contribution in [3.63, 3.8) is 0 Å². The first-order chi connectivity index (χ1) is 6.05. The predicted molar refractivity (Wildman–Crippen MR) is 51.5 cm³/mol. The molecule has 4 nitrogen and oxygen atoms in total. The van der Waals surface area contributed by atoms with Crippen molar-refractivity contribution in [3.8, 4) is 5.75 Å². The molecule has 1 rings (SSSR count). The van der Waals surface area contributed by atoms with Crippen LogP contribution in [0.25, 0.3) is 0 Å². The normalized spacial score (nSPS) is 10.4. The van der Waals surface area contributed by atoms with Crippen LogP contribution in [0.1, 0.15) is 6.92 Å². The van der Waals surface area contributed by atoms with Crippen LogP contribution >= 0.6 is 0 Å². The van der Waals surface area contributed by atoms with E-state index in [0.717, 1.165) is 0 Å². The van der Waals surface area contributed by atoms with Crippen LogP contribution in [-0.2, 0) is 10.0 Å². The van der Waals surface area contributed by atoms with Crippen LogP contribution in [0.3, 0.4) is 0 Å². The number of rotatable bonds is 3. The molecule has 0 bridgehead atoms. The van der Waals surface area contributed by atoms with E-state index in [1.807, 2.05) is 0 Å². The van der Waals surface area contributed by atoms with Crippen molar-refractivity contribution in [3.05, 3.63) is 24.3 Å². The fourth-order valence-electron chi connectivity index (χ4n) is 0.960. The fraction of sp³-hybridized carbons (Fsp3) is 0.250. The van der Waals surface area contributed by atoms with Crippen molar-refractivity contribution < 1.29 is 17.9 Å². The molecule has 1 aromatic carbocycles. The first-order valence-corrected chi connectivity index (χ1v) is 5.35. The molecule has 6 heteroatoms. The summed E-state index contributed by atoms with van der Waals surface area (Å²) in [5.74, 6) is 0.299. The van der Waals surface area contributed by atoms with Gasteiger partial charge in [0.05, 0.1) is 6.61 Å². The van der Waals surface area contributed by atoms with Crippen LogP contribution < -0.4 is 9.88 Å². The van der Waals surface area contributed by atoms with E-state index < -0.39 is 10.0 Å². The number of primary sulfonamides is 1. The van der Waals surface area contributed by atoms with Crippen LogP contribution in [0, 0.1) is 0 Å². The molecule has 14 heavy (non-hydrogen) atoms. The molecule has 0 spiro atoms. The molecule has 0 aliphatic carbocycles. The van der Waals surface area contributed by atoms with Crippen LogP contribution in [-0.4, -0.2) is 15.0 Å². The second-order valence-corrected chi connectivity index (χ2v) is 3.95. The summed E-state index contributed by atoms with van der Waals surface area (Å²) in [6, 6.07) is 6.28. The lowest BCUT2D eigenvalue weighted by Crippen LogP contribution is -2.13. The van der Waals surface area contributed by atoms with E-state index in [-0.39, 0.29) is 9.60 Å². The van der Waals surface area contributed by atoms with E-state index in [1.54, 1.807) is 25.1 Å². The fourth-order valence-corrected chi connectivity index (χ4v) is 1.64. The second-order valence-electron chi connectivity index (χ2n) is 2.42. The molecule has 0 atom stereocenters. The third-order valence-electron chi connectivity index (χ3n) is 1.46. The van der Waals surface area contributed by atoms with Gasteiger partial charge in [0.1, 0.15) is 10.6 Å². The van der Waals surface area contributed by atoms with Gasteiger partial charge in [-0.2, -0.15) is 0 Å². The molecule has 0 amide bonds. The lowest BCUT2D eigenvalue weighted by atomic mass is 10.3. The molecule has 1 aromatic rings. The van der Waals surface area contributed by atoms with Crippen LogP contribution in [0.4, 0.5) is 4.70 Å². The van der Waals surface area contributed by atoms with Gasteiger partial charge in [-0.15, -0.1) is 0 Å². The highest BCUT2D eigenvalue weighted by Gasteiger charge is 2.13. The highest BCUT2D eigenvalue weighted by Crippen LogP contribution is 2.21. The lowest BCUT2D eigenvalue weighted by Gasteiger charge is -2.06. The number of halogens is 1. The summed E-state index contributed by atoms with van der Waals surface area (Å²) in [5, 5.41) is 4.98. The molecule has 0 radical (unpaired) electrons. The molecule has 0 saturated carbocycles. The van der Waals surface area contributed by atoms with E-state index in [0.29, 0.717) is 12.4 Å².